The second-order valence-corrected chi connectivity index (χ2v) is 3.14. The van der Waals surface area contributed by atoms with Crippen molar-refractivity contribution in [2.45, 2.75) is 6.92 Å². The van der Waals surface area contributed by atoms with Gasteiger partial charge in [-0.2, -0.15) is 9.61 Å². The summed E-state index contributed by atoms with van der Waals surface area (Å²) in [6.45, 7) is 1.83. The van der Waals surface area contributed by atoms with E-state index in [1.165, 1.54) is 0 Å². The zero-order valence-electron chi connectivity index (χ0n) is 7.95. The van der Waals surface area contributed by atoms with Gasteiger partial charge in [-0.05, 0) is 19.1 Å². The van der Waals surface area contributed by atoms with E-state index in [2.05, 4.69) is 20.5 Å². The smallest absolute Gasteiger partial charge is 0.207 e. The van der Waals surface area contributed by atoms with Gasteiger partial charge in [0.2, 0.25) is 5.82 Å². The van der Waals surface area contributed by atoms with E-state index in [1.54, 1.807) is 16.8 Å². The molecule has 74 valence electrons. The van der Waals surface area contributed by atoms with Gasteiger partial charge in [-0.3, -0.25) is 0 Å². The first kappa shape index (κ1) is 8.10. The SMILES string of the molecule is Cc1cc(-c2nnc3cccnn23)no1. The number of fused-ring (bicyclic) bond motifs is 1. The Morgan fingerprint density at radius 2 is 2.27 bits per heavy atom. The van der Waals surface area contributed by atoms with E-state index in [0.29, 0.717) is 17.2 Å². The maximum atomic E-state index is 4.98. The van der Waals surface area contributed by atoms with Crippen LogP contribution in [0, 0.1) is 6.92 Å². The van der Waals surface area contributed by atoms with Crippen molar-refractivity contribution < 1.29 is 4.52 Å². The summed E-state index contributed by atoms with van der Waals surface area (Å²) in [5.41, 5.74) is 1.33. The van der Waals surface area contributed by atoms with Gasteiger partial charge < -0.3 is 4.52 Å². The molecule has 3 aromatic rings. The summed E-state index contributed by atoms with van der Waals surface area (Å²) < 4.78 is 6.60. The van der Waals surface area contributed by atoms with Crippen LogP contribution in [0.1, 0.15) is 5.76 Å². The summed E-state index contributed by atoms with van der Waals surface area (Å²) in [4.78, 5) is 0. The van der Waals surface area contributed by atoms with E-state index in [1.807, 2.05) is 19.1 Å². The first-order valence-electron chi connectivity index (χ1n) is 4.45. The molecule has 0 saturated heterocycles. The highest BCUT2D eigenvalue weighted by Gasteiger charge is 2.11. The molecule has 6 heteroatoms. The quantitative estimate of drug-likeness (QED) is 0.589. The van der Waals surface area contributed by atoms with Crippen LogP contribution in [0.4, 0.5) is 0 Å². The third-order valence-electron chi connectivity index (χ3n) is 2.04. The fourth-order valence-corrected chi connectivity index (χ4v) is 1.38. The molecule has 3 heterocycles. The minimum atomic E-state index is 0.586. The number of hydrogen-bond donors (Lipinski definition) is 0. The lowest BCUT2D eigenvalue weighted by Crippen LogP contribution is -1.93. The molecule has 6 nitrogen and oxygen atoms in total. The highest BCUT2D eigenvalue weighted by Crippen LogP contribution is 2.16. The highest BCUT2D eigenvalue weighted by atomic mass is 16.5. The lowest BCUT2D eigenvalue weighted by molar-refractivity contribution is 0.399. The van der Waals surface area contributed by atoms with Crippen LogP contribution >= 0.6 is 0 Å². The highest BCUT2D eigenvalue weighted by molar-refractivity contribution is 5.53. The van der Waals surface area contributed by atoms with Crippen LogP contribution in [-0.4, -0.2) is 25.0 Å². The van der Waals surface area contributed by atoms with Gasteiger partial charge in [0.15, 0.2) is 11.3 Å². The molecule has 0 aliphatic heterocycles. The number of aromatic nitrogens is 5. The second kappa shape index (κ2) is 2.88. The molecule has 0 aliphatic rings. The van der Waals surface area contributed by atoms with Crippen molar-refractivity contribution >= 4 is 5.65 Å². The molecule has 0 aliphatic carbocycles. The molecule has 3 aromatic heterocycles. The van der Waals surface area contributed by atoms with Crippen molar-refractivity contribution in [3.05, 3.63) is 30.2 Å². The second-order valence-electron chi connectivity index (χ2n) is 3.14. The maximum absolute atomic E-state index is 4.98. The van der Waals surface area contributed by atoms with Gasteiger partial charge in [0, 0.05) is 12.3 Å². The Morgan fingerprint density at radius 3 is 3.07 bits per heavy atom. The number of aryl methyl sites for hydroxylation is 1. The van der Waals surface area contributed by atoms with Crippen LogP contribution in [-0.2, 0) is 0 Å². The molecular formula is C9H7N5O. The Morgan fingerprint density at radius 1 is 1.33 bits per heavy atom. The molecule has 0 spiro atoms. The van der Waals surface area contributed by atoms with Crippen LogP contribution in [0.3, 0.4) is 0 Å². The number of hydrogen-bond acceptors (Lipinski definition) is 5. The molecule has 0 aromatic carbocycles. The van der Waals surface area contributed by atoms with E-state index >= 15 is 0 Å². The Balaban J connectivity index is 2.27. The Labute approximate surface area is 84.5 Å². The number of nitrogens with zero attached hydrogens (tertiary/aromatic N) is 5. The van der Waals surface area contributed by atoms with Gasteiger partial charge in [-0.25, -0.2) is 0 Å². The van der Waals surface area contributed by atoms with Crippen molar-refractivity contribution in [3.63, 3.8) is 0 Å². The fourth-order valence-electron chi connectivity index (χ4n) is 1.38. The average Bonchev–Trinajstić information content (AvgIpc) is 2.83. The van der Waals surface area contributed by atoms with E-state index in [0.717, 1.165) is 5.76 Å². The molecule has 0 fully saturated rings. The number of rotatable bonds is 1. The van der Waals surface area contributed by atoms with E-state index in [4.69, 9.17) is 4.52 Å². The van der Waals surface area contributed by atoms with Crippen molar-refractivity contribution in [2.24, 2.45) is 0 Å². The van der Waals surface area contributed by atoms with Crippen molar-refractivity contribution in [1.82, 2.24) is 25.0 Å². The lowest BCUT2D eigenvalue weighted by atomic mass is 10.4. The third-order valence-corrected chi connectivity index (χ3v) is 2.04. The predicted octanol–water partition coefficient (Wildman–Crippen LogP) is 1.09. The average molecular weight is 201 g/mol. The van der Waals surface area contributed by atoms with Crippen LogP contribution in [0.15, 0.2) is 28.9 Å². The Bertz CT molecular complexity index is 612. The van der Waals surface area contributed by atoms with Crippen LogP contribution in [0.2, 0.25) is 0 Å². The first-order valence-corrected chi connectivity index (χ1v) is 4.45. The summed E-state index contributed by atoms with van der Waals surface area (Å²) >= 11 is 0. The lowest BCUT2D eigenvalue weighted by Gasteiger charge is -1.91. The summed E-state index contributed by atoms with van der Waals surface area (Å²) in [6.07, 6.45) is 1.67. The maximum Gasteiger partial charge on any atom is 0.207 e. The van der Waals surface area contributed by atoms with E-state index < -0.39 is 0 Å². The first-order chi connectivity index (χ1) is 7.34. The molecule has 15 heavy (non-hydrogen) atoms. The largest absolute Gasteiger partial charge is 0.361 e. The molecule has 0 saturated carbocycles. The Hall–Kier alpha value is -2.24. The summed E-state index contributed by atoms with van der Waals surface area (Å²) in [7, 11) is 0. The normalized spacial score (nSPS) is 11.0. The van der Waals surface area contributed by atoms with Crippen molar-refractivity contribution in [2.75, 3.05) is 0 Å². The third kappa shape index (κ3) is 1.18. The molecular weight excluding hydrogens is 194 g/mol. The van der Waals surface area contributed by atoms with E-state index in [-0.39, 0.29) is 0 Å². The zero-order chi connectivity index (χ0) is 10.3. The molecule has 0 N–H and O–H groups in total. The zero-order valence-corrected chi connectivity index (χ0v) is 7.95. The molecule has 0 radical (unpaired) electrons. The Kier molecular flexibility index (Phi) is 1.55. The minimum absolute atomic E-state index is 0.586. The molecule has 3 rings (SSSR count). The summed E-state index contributed by atoms with van der Waals surface area (Å²) in [5.74, 6) is 1.32. The van der Waals surface area contributed by atoms with Gasteiger partial charge in [0.25, 0.3) is 0 Å². The fraction of sp³-hybridized carbons (Fsp3) is 0.111. The van der Waals surface area contributed by atoms with Gasteiger partial charge >= 0.3 is 0 Å². The van der Waals surface area contributed by atoms with E-state index in [9.17, 15) is 0 Å². The van der Waals surface area contributed by atoms with Gasteiger partial charge in [0.05, 0.1) is 0 Å². The molecule has 0 unspecified atom stereocenters. The predicted molar refractivity (Wildman–Crippen MR) is 51.0 cm³/mol. The van der Waals surface area contributed by atoms with Gasteiger partial charge in [-0.15, -0.1) is 10.2 Å². The van der Waals surface area contributed by atoms with Crippen molar-refractivity contribution in [1.29, 1.82) is 0 Å². The molecule has 0 atom stereocenters. The monoisotopic (exact) mass is 201 g/mol. The molecule has 0 bridgehead atoms. The van der Waals surface area contributed by atoms with Crippen molar-refractivity contribution in [3.8, 4) is 11.5 Å². The topological polar surface area (TPSA) is 69.1 Å². The van der Waals surface area contributed by atoms with Crippen LogP contribution in [0.5, 0.6) is 0 Å². The molecule has 0 amide bonds. The van der Waals surface area contributed by atoms with Crippen LogP contribution in [0.25, 0.3) is 17.2 Å². The van der Waals surface area contributed by atoms with Gasteiger partial charge in [-0.1, -0.05) is 5.16 Å². The van der Waals surface area contributed by atoms with Crippen LogP contribution < -0.4 is 0 Å². The standard InChI is InChI=1S/C9H7N5O/c1-6-5-7(13-15-6)9-12-11-8-3-2-4-10-14(8)9/h2-5H,1H3. The van der Waals surface area contributed by atoms with Gasteiger partial charge in [0.1, 0.15) is 5.76 Å². The summed E-state index contributed by atoms with van der Waals surface area (Å²) in [6, 6.07) is 5.43. The minimum Gasteiger partial charge on any atom is -0.361 e. The summed E-state index contributed by atoms with van der Waals surface area (Å²) in [5, 5.41) is 16.0.